The van der Waals surface area contributed by atoms with Gasteiger partial charge in [0.25, 0.3) is 11.8 Å². The Hall–Kier alpha value is -3.21. The van der Waals surface area contributed by atoms with E-state index in [4.69, 9.17) is 4.52 Å². The predicted octanol–water partition coefficient (Wildman–Crippen LogP) is 3.51. The number of aromatic nitrogens is 2. The topological polar surface area (TPSA) is 97.1 Å². The molecule has 2 aromatic heterocycles. The van der Waals surface area contributed by atoms with Gasteiger partial charge in [-0.05, 0) is 38.1 Å². The molecule has 0 bridgehead atoms. The van der Waals surface area contributed by atoms with Crippen LogP contribution >= 0.6 is 11.3 Å². The van der Waals surface area contributed by atoms with E-state index in [0.717, 1.165) is 29.3 Å². The maximum atomic E-state index is 12.6. The smallest absolute Gasteiger partial charge is 0.360 e. The molecule has 0 saturated heterocycles. The molecule has 0 atom stereocenters. The highest BCUT2D eigenvalue weighted by molar-refractivity contribution is 7.09. The van der Waals surface area contributed by atoms with Crippen LogP contribution < -0.4 is 10.9 Å². The third-order valence-corrected chi connectivity index (χ3v) is 4.49. The lowest BCUT2D eigenvalue weighted by Crippen LogP contribution is -2.42. The van der Waals surface area contributed by atoms with Gasteiger partial charge in [0.05, 0.1) is 21.8 Å². The summed E-state index contributed by atoms with van der Waals surface area (Å²) in [4.78, 5) is 28.7. The van der Waals surface area contributed by atoms with Crippen LogP contribution in [0.3, 0.4) is 0 Å². The second-order valence-electron chi connectivity index (χ2n) is 5.70. The van der Waals surface area contributed by atoms with Crippen molar-refractivity contribution in [2.45, 2.75) is 20.0 Å². The molecular formula is C17H13F3N4O3S. The van der Waals surface area contributed by atoms with Crippen molar-refractivity contribution in [3.8, 4) is 11.3 Å². The van der Waals surface area contributed by atoms with Crippen LogP contribution in [0.5, 0.6) is 0 Å². The first-order valence-electron chi connectivity index (χ1n) is 7.83. The van der Waals surface area contributed by atoms with Crippen LogP contribution in [-0.4, -0.2) is 22.0 Å². The number of nitrogens with one attached hydrogen (secondary N) is 2. The first-order chi connectivity index (χ1) is 13.2. The molecule has 146 valence electrons. The van der Waals surface area contributed by atoms with Gasteiger partial charge >= 0.3 is 6.18 Å². The number of hydrogen-bond acceptors (Lipinski definition) is 6. The lowest BCUT2D eigenvalue weighted by Gasteiger charge is -2.09. The summed E-state index contributed by atoms with van der Waals surface area (Å²) in [6.07, 6.45) is -4.50. The molecule has 2 amide bonds. The zero-order valence-electron chi connectivity index (χ0n) is 14.5. The van der Waals surface area contributed by atoms with Crippen LogP contribution in [0.1, 0.15) is 37.2 Å². The van der Waals surface area contributed by atoms with Crippen LogP contribution in [0.15, 0.2) is 34.2 Å². The van der Waals surface area contributed by atoms with Crippen molar-refractivity contribution in [3.63, 3.8) is 0 Å². The Kier molecular flexibility index (Phi) is 5.18. The third kappa shape index (κ3) is 4.03. The van der Waals surface area contributed by atoms with E-state index in [2.05, 4.69) is 21.0 Å². The molecule has 0 unspecified atom stereocenters. The number of alkyl halides is 3. The van der Waals surface area contributed by atoms with Crippen molar-refractivity contribution in [1.29, 1.82) is 0 Å². The van der Waals surface area contributed by atoms with E-state index < -0.39 is 23.6 Å². The van der Waals surface area contributed by atoms with Gasteiger partial charge in [0.15, 0.2) is 5.69 Å². The normalized spacial score (nSPS) is 11.3. The van der Waals surface area contributed by atoms with Crippen LogP contribution in [-0.2, 0) is 6.18 Å². The maximum absolute atomic E-state index is 12.6. The molecule has 2 N–H and O–H groups in total. The van der Waals surface area contributed by atoms with Crippen molar-refractivity contribution in [2.75, 3.05) is 0 Å². The summed E-state index contributed by atoms with van der Waals surface area (Å²) >= 11 is 1.39. The summed E-state index contributed by atoms with van der Waals surface area (Å²) in [5.41, 5.74) is 4.19. The molecule has 7 nitrogen and oxygen atoms in total. The summed E-state index contributed by atoms with van der Waals surface area (Å²) in [6, 6.07) is 3.57. The molecular weight excluding hydrogens is 397 g/mol. The van der Waals surface area contributed by atoms with Crippen molar-refractivity contribution in [2.24, 2.45) is 0 Å². The summed E-state index contributed by atoms with van der Waals surface area (Å²) in [6.45, 7) is 3.43. The number of carbonyl (C=O) groups is 2. The van der Waals surface area contributed by atoms with Crippen LogP contribution in [0, 0.1) is 13.8 Å². The fourth-order valence-corrected chi connectivity index (χ4v) is 2.97. The molecule has 0 aliphatic rings. The van der Waals surface area contributed by atoms with E-state index in [-0.39, 0.29) is 11.3 Å². The van der Waals surface area contributed by atoms with Gasteiger partial charge in [-0.2, -0.15) is 13.2 Å². The monoisotopic (exact) mass is 410 g/mol. The number of amides is 2. The second kappa shape index (κ2) is 7.43. The minimum atomic E-state index is -4.50. The number of aryl methyl sites for hydroxylation is 2. The maximum Gasteiger partial charge on any atom is 0.416 e. The number of benzene rings is 1. The molecule has 0 aliphatic heterocycles. The molecule has 3 aromatic rings. The van der Waals surface area contributed by atoms with Crippen LogP contribution in [0.2, 0.25) is 0 Å². The zero-order chi connectivity index (χ0) is 20.5. The first kappa shape index (κ1) is 19.5. The number of rotatable bonds is 3. The van der Waals surface area contributed by atoms with Gasteiger partial charge in [0.1, 0.15) is 5.76 Å². The molecule has 0 saturated carbocycles. The van der Waals surface area contributed by atoms with Crippen LogP contribution in [0.25, 0.3) is 11.3 Å². The molecule has 11 heteroatoms. The number of carbonyl (C=O) groups excluding carboxylic acids is 2. The average molecular weight is 410 g/mol. The van der Waals surface area contributed by atoms with E-state index in [1.165, 1.54) is 11.3 Å². The molecule has 3 rings (SSSR count). The minimum Gasteiger partial charge on any atom is -0.360 e. The molecule has 0 spiro atoms. The van der Waals surface area contributed by atoms with E-state index in [9.17, 15) is 22.8 Å². The van der Waals surface area contributed by atoms with Crippen molar-refractivity contribution < 1.29 is 27.3 Å². The summed E-state index contributed by atoms with van der Waals surface area (Å²) < 4.78 is 42.7. The van der Waals surface area contributed by atoms with Gasteiger partial charge < -0.3 is 4.52 Å². The molecule has 0 fully saturated rings. The Morgan fingerprint density at radius 2 is 1.71 bits per heavy atom. The molecule has 28 heavy (non-hydrogen) atoms. The predicted molar refractivity (Wildman–Crippen MR) is 93.5 cm³/mol. The first-order valence-corrected chi connectivity index (χ1v) is 8.71. The summed E-state index contributed by atoms with van der Waals surface area (Å²) in [5.74, 6) is -1.16. The minimum absolute atomic E-state index is 0.0556. The zero-order valence-corrected chi connectivity index (χ0v) is 15.4. The number of hydrogen-bond donors (Lipinski definition) is 2. The van der Waals surface area contributed by atoms with Crippen molar-refractivity contribution in [3.05, 3.63) is 57.2 Å². The van der Waals surface area contributed by atoms with Gasteiger partial charge in [0, 0.05) is 10.9 Å². The van der Waals surface area contributed by atoms with Gasteiger partial charge in [0.2, 0.25) is 0 Å². The summed E-state index contributed by atoms with van der Waals surface area (Å²) in [5, 5.41) is 6.22. The Morgan fingerprint density at radius 1 is 1.07 bits per heavy atom. The van der Waals surface area contributed by atoms with Crippen LogP contribution in [0.4, 0.5) is 13.2 Å². The van der Waals surface area contributed by atoms with E-state index in [1.54, 1.807) is 19.2 Å². The molecule has 0 radical (unpaired) electrons. The Labute approximate surface area is 160 Å². The standard InChI is InChI=1S/C17H13F3N4O3S/c1-8-13(12-7-28-9(2)21-12)14(24-27-8)16(26)23-22-15(25)10-3-5-11(6-4-10)17(18,19)20/h3-7H,1-2H3,(H,22,25)(H,23,26). The number of halogens is 3. The summed E-state index contributed by atoms with van der Waals surface area (Å²) in [7, 11) is 0. The SMILES string of the molecule is Cc1nc(-c2c(C(=O)NNC(=O)c3ccc(C(F)(F)F)cc3)noc2C)cs1. The Balaban J connectivity index is 1.70. The fraction of sp³-hybridized carbons (Fsp3) is 0.176. The highest BCUT2D eigenvalue weighted by Gasteiger charge is 2.30. The van der Waals surface area contributed by atoms with Crippen molar-refractivity contribution in [1.82, 2.24) is 21.0 Å². The number of nitrogens with zero attached hydrogens (tertiary/aromatic N) is 2. The highest BCUT2D eigenvalue weighted by Crippen LogP contribution is 2.29. The quantitative estimate of drug-likeness (QED) is 0.644. The van der Waals surface area contributed by atoms with Gasteiger partial charge in [-0.15, -0.1) is 11.3 Å². The molecule has 0 aliphatic carbocycles. The third-order valence-electron chi connectivity index (χ3n) is 3.72. The molecule has 1 aromatic carbocycles. The van der Waals surface area contributed by atoms with Gasteiger partial charge in [-0.3, -0.25) is 20.4 Å². The van der Waals surface area contributed by atoms with Gasteiger partial charge in [-0.25, -0.2) is 4.98 Å². The van der Waals surface area contributed by atoms with Gasteiger partial charge in [-0.1, -0.05) is 5.16 Å². The van der Waals surface area contributed by atoms with E-state index in [0.29, 0.717) is 17.0 Å². The fourth-order valence-electron chi connectivity index (χ4n) is 2.36. The second-order valence-corrected chi connectivity index (χ2v) is 6.76. The lowest BCUT2D eigenvalue weighted by molar-refractivity contribution is -0.137. The largest absolute Gasteiger partial charge is 0.416 e. The molecule has 2 heterocycles. The lowest BCUT2D eigenvalue weighted by atomic mass is 10.1. The number of hydrazine groups is 1. The number of thiazole rings is 1. The average Bonchev–Trinajstić information content (AvgIpc) is 3.24. The van der Waals surface area contributed by atoms with E-state index in [1.807, 2.05) is 0 Å². The Morgan fingerprint density at radius 3 is 2.29 bits per heavy atom. The van der Waals surface area contributed by atoms with Crippen molar-refractivity contribution >= 4 is 23.2 Å². The Bertz CT molecular complexity index is 1030. The van der Waals surface area contributed by atoms with E-state index >= 15 is 0 Å². The highest BCUT2D eigenvalue weighted by atomic mass is 32.1.